The van der Waals surface area contributed by atoms with Gasteiger partial charge in [0.15, 0.2) is 0 Å². The number of phenols is 1. The van der Waals surface area contributed by atoms with Crippen LogP contribution in [0.2, 0.25) is 0 Å². The Balaban J connectivity index is 2.07. The summed E-state index contributed by atoms with van der Waals surface area (Å²) in [4.78, 5) is 11.8. The summed E-state index contributed by atoms with van der Waals surface area (Å²) in [6.07, 6.45) is 1.79. The molecule has 26 heavy (non-hydrogen) atoms. The maximum atomic E-state index is 15.1. The van der Waals surface area contributed by atoms with Crippen LogP contribution < -0.4 is 5.73 Å². The number of hydrogen-bond acceptors (Lipinski definition) is 4. The molecule has 1 saturated carbocycles. The molecule has 4 nitrogen and oxygen atoms in total. The number of hydrogen-bond donors (Lipinski definition) is 2. The number of carbonyl (C=O) groups excluding carboxylic acids is 1. The van der Waals surface area contributed by atoms with Crippen molar-refractivity contribution in [1.29, 1.82) is 0 Å². The summed E-state index contributed by atoms with van der Waals surface area (Å²) in [6.45, 7) is 3.88. The number of nitrogens with two attached hydrogens (primary N) is 1. The molecule has 0 aliphatic heterocycles. The summed E-state index contributed by atoms with van der Waals surface area (Å²) in [5, 5.41) is 10.3. The third kappa shape index (κ3) is 3.73. The average molecular weight is 357 g/mol. The second-order valence-corrected chi connectivity index (χ2v) is 6.83. The molecule has 0 unspecified atom stereocenters. The van der Waals surface area contributed by atoms with Crippen molar-refractivity contribution in [2.75, 3.05) is 6.61 Å². The Morgan fingerprint density at radius 2 is 2.12 bits per heavy atom. The lowest BCUT2D eigenvalue weighted by atomic mass is 9.91. The molecular weight excluding hydrogens is 333 g/mol. The van der Waals surface area contributed by atoms with Crippen LogP contribution in [0.1, 0.15) is 54.8 Å². The van der Waals surface area contributed by atoms with Gasteiger partial charge in [0.05, 0.1) is 13.0 Å². The standard InChI is InChI=1S/C21H24FNO3/c1-3-26-19(25)11-17(23)16-10-14(9-15(21(16)22)13-7-8-13)20-12(2)5-4-6-18(20)24/h4-6,9-10,13,17,24H,3,7-8,11,23H2,1-2H3/t17-/m0/s1. The van der Waals surface area contributed by atoms with Gasteiger partial charge in [0.1, 0.15) is 11.6 Å². The Labute approximate surface area is 152 Å². The van der Waals surface area contributed by atoms with E-state index in [1.807, 2.05) is 13.0 Å². The second kappa shape index (κ2) is 7.46. The maximum absolute atomic E-state index is 15.1. The quantitative estimate of drug-likeness (QED) is 0.755. The summed E-state index contributed by atoms with van der Waals surface area (Å²) < 4.78 is 20.0. The van der Waals surface area contributed by atoms with Crippen molar-refractivity contribution in [1.82, 2.24) is 0 Å². The molecular formula is C21H24FNO3. The number of halogens is 1. The molecule has 0 radical (unpaired) electrons. The lowest BCUT2D eigenvalue weighted by molar-refractivity contribution is -0.143. The summed E-state index contributed by atoms with van der Waals surface area (Å²) >= 11 is 0. The first-order valence-corrected chi connectivity index (χ1v) is 8.95. The van der Waals surface area contributed by atoms with Gasteiger partial charge in [-0.15, -0.1) is 0 Å². The van der Waals surface area contributed by atoms with E-state index >= 15 is 4.39 Å². The Bertz CT molecular complexity index is 810. The van der Waals surface area contributed by atoms with Crippen LogP contribution in [0.25, 0.3) is 11.1 Å². The van der Waals surface area contributed by atoms with Crippen LogP contribution in [0.3, 0.4) is 0 Å². The van der Waals surface area contributed by atoms with E-state index in [9.17, 15) is 9.90 Å². The van der Waals surface area contributed by atoms with Crippen molar-refractivity contribution in [2.24, 2.45) is 5.73 Å². The monoisotopic (exact) mass is 357 g/mol. The van der Waals surface area contributed by atoms with Crippen LogP contribution in [0.5, 0.6) is 5.75 Å². The molecule has 0 amide bonds. The predicted octanol–water partition coefficient (Wildman–Crippen LogP) is 4.34. The maximum Gasteiger partial charge on any atom is 0.307 e. The molecule has 1 aliphatic rings. The first-order valence-electron chi connectivity index (χ1n) is 8.95. The van der Waals surface area contributed by atoms with Gasteiger partial charge in [0, 0.05) is 17.2 Å². The summed E-state index contributed by atoms with van der Waals surface area (Å²) in [6, 6.07) is 7.93. The van der Waals surface area contributed by atoms with Crippen molar-refractivity contribution < 1.29 is 19.0 Å². The number of rotatable bonds is 6. The molecule has 1 fully saturated rings. The van der Waals surface area contributed by atoms with Crippen molar-refractivity contribution in [3.05, 3.63) is 52.8 Å². The van der Waals surface area contributed by atoms with Gasteiger partial charge in [0.2, 0.25) is 0 Å². The average Bonchev–Trinajstić information content (AvgIpc) is 3.40. The van der Waals surface area contributed by atoms with Crippen LogP contribution in [0, 0.1) is 12.7 Å². The van der Waals surface area contributed by atoms with Gasteiger partial charge >= 0.3 is 5.97 Å². The topological polar surface area (TPSA) is 72.5 Å². The summed E-state index contributed by atoms with van der Waals surface area (Å²) in [5.41, 5.74) is 9.32. The van der Waals surface area contributed by atoms with Gasteiger partial charge in [-0.1, -0.05) is 12.1 Å². The number of aryl methyl sites for hydroxylation is 1. The SMILES string of the molecule is CCOC(=O)C[C@H](N)c1cc(-c2c(C)cccc2O)cc(C2CC2)c1F. The van der Waals surface area contributed by atoms with Crippen LogP contribution in [0.15, 0.2) is 30.3 Å². The predicted molar refractivity (Wildman–Crippen MR) is 98.4 cm³/mol. The highest BCUT2D eigenvalue weighted by Crippen LogP contribution is 2.45. The highest BCUT2D eigenvalue weighted by Gasteiger charge is 2.30. The number of phenolic OH excluding ortho intramolecular Hbond substituents is 1. The van der Waals surface area contributed by atoms with E-state index in [1.54, 1.807) is 31.2 Å². The van der Waals surface area contributed by atoms with Crippen molar-refractivity contribution in [3.8, 4) is 16.9 Å². The van der Waals surface area contributed by atoms with E-state index in [0.29, 0.717) is 16.7 Å². The zero-order valence-electron chi connectivity index (χ0n) is 15.1. The molecule has 5 heteroatoms. The fraction of sp³-hybridized carbons (Fsp3) is 0.381. The molecule has 1 atom stereocenters. The zero-order valence-corrected chi connectivity index (χ0v) is 15.1. The number of benzene rings is 2. The van der Waals surface area contributed by atoms with Crippen LogP contribution in [-0.2, 0) is 9.53 Å². The Kier molecular flexibility index (Phi) is 5.28. The molecule has 3 N–H and O–H groups in total. The minimum Gasteiger partial charge on any atom is -0.507 e. The fourth-order valence-electron chi connectivity index (χ4n) is 3.31. The molecule has 0 spiro atoms. The largest absolute Gasteiger partial charge is 0.507 e. The van der Waals surface area contributed by atoms with Gasteiger partial charge in [0.25, 0.3) is 0 Å². The van der Waals surface area contributed by atoms with Gasteiger partial charge < -0.3 is 15.6 Å². The molecule has 138 valence electrons. The highest BCUT2D eigenvalue weighted by molar-refractivity contribution is 5.75. The smallest absolute Gasteiger partial charge is 0.307 e. The van der Waals surface area contributed by atoms with Crippen LogP contribution in [-0.4, -0.2) is 17.7 Å². The molecule has 0 bridgehead atoms. The molecule has 2 aromatic carbocycles. The van der Waals surface area contributed by atoms with E-state index in [4.69, 9.17) is 10.5 Å². The first-order chi connectivity index (χ1) is 12.4. The molecule has 0 aromatic heterocycles. The Morgan fingerprint density at radius 3 is 2.73 bits per heavy atom. The second-order valence-electron chi connectivity index (χ2n) is 6.83. The van der Waals surface area contributed by atoms with E-state index in [2.05, 4.69) is 0 Å². The van der Waals surface area contributed by atoms with Crippen LogP contribution >= 0.6 is 0 Å². The third-order valence-corrected chi connectivity index (χ3v) is 4.78. The number of ether oxygens (including phenoxy) is 1. The molecule has 1 aliphatic carbocycles. The molecule has 0 saturated heterocycles. The number of aromatic hydroxyl groups is 1. The van der Waals surface area contributed by atoms with Gasteiger partial charge in [-0.3, -0.25) is 4.79 Å². The Hall–Kier alpha value is -2.40. The van der Waals surface area contributed by atoms with Gasteiger partial charge in [-0.2, -0.15) is 0 Å². The lowest BCUT2D eigenvalue weighted by Crippen LogP contribution is -2.19. The zero-order chi connectivity index (χ0) is 18.8. The van der Waals surface area contributed by atoms with E-state index in [0.717, 1.165) is 24.0 Å². The van der Waals surface area contributed by atoms with Gasteiger partial charge in [-0.05, 0) is 67.5 Å². The lowest BCUT2D eigenvalue weighted by Gasteiger charge is -2.18. The molecule has 2 aromatic rings. The summed E-state index contributed by atoms with van der Waals surface area (Å²) in [7, 11) is 0. The normalized spacial score (nSPS) is 14.9. The number of carbonyl (C=O) groups is 1. The van der Waals surface area contributed by atoms with E-state index in [-0.39, 0.29) is 30.5 Å². The van der Waals surface area contributed by atoms with Crippen molar-refractivity contribution in [3.63, 3.8) is 0 Å². The van der Waals surface area contributed by atoms with E-state index < -0.39 is 12.0 Å². The summed E-state index contributed by atoms with van der Waals surface area (Å²) in [5.74, 6) is -0.476. The third-order valence-electron chi connectivity index (χ3n) is 4.78. The van der Waals surface area contributed by atoms with E-state index in [1.165, 1.54) is 0 Å². The highest BCUT2D eigenvalue weighted by atomic mass is 19.1. The first kappa shape index (κ1) is 18.4. The Morgan fingerprint density at radius 1 is 1.38 bits per heavy atom. The number of esters is 1. The van der Waals surface area contributed by atoms with Crippen molar-refractivity contribution >= 4 is 5.97 Å². The molecule has 3 rings (SSSR count). The van der Waals surface area contributed by atoms with Crippen molar-refractivity contribution in [2.45, 2.75) is 45.1 Å². The van der Waals surface area contributed by atoms with Gasteiger partial charge in [-0.25, -0.2) is 4.39 Å². The minimum atomic E-state index is -0.794. The molecule has 0 heterocycles. The van der Waals surface area contributed by atoms with Crippen LogP contribution in [0.4, 0.5) is 4.39 Å². The minimum absolute atomic E-state index is 0.0852. The fourth-order valence-corrected chi connectivity index (χ4v) is 3.31.